The number of benzene rings is 1. The lowest BCUT2D eigenvalue weighted by atomic mass is 9.79. The zero-order chi connectivity index (χ0) is 12.1. The van der Waals surface area contributed by atoms with E-state index in [4.69, 9.17) is 14.8 Å². The van der Waals surface area contributed by atoms with Gasteiger partial charge in [-0.3, -0.25) is 0 Å². The van der Waals surface area contributed by atoms with Gasteiger partial charge in [-0.05, 0) is 34.5 Å². The minimum Gasteiger partial charge on any atom is -0.494 e. The fraction of sp³-hybridized carbons (Fsp3) is 0.400. The SMILES string of the molecule is CCCCOc1ccc(Br)c(F)c1B(O)O. The van der Waals surface area contributed by atoms with Gasteiger partial charge in [0.25, 0.3) is 0 Å². The van der Waals surface area contributed by atoms with Crippen molar-refractivity contribution in [3.05, 3.63) is 22.4 Å². The number of halogens is 2. The van der Waals surface area contributed by atoms with Crippen LogP contribution in [0.2, 0.25) is 0 Å². The third-order valence-corrected chi connectivity index (χ3v) is 2.72. The van der Waals surface area contributed by atoms with Crippen LogP contribution in [0.15, 0.2) is 16.6 Å². The van der Waals surface area contributed by atoms with E-state index in [-0.39, 0.29) is 15.7 Å². The molecular weight excluding hydrogens is 278 g/mol. The van der Waals surface area contributed by atoms with Crippen LogP contribution in [-0.4, -0.2) is 23.8 Å². The van der Waals surface area contributed by atoms with Crippen molar-refractivity contribution in [3.8, 4) is 5.75 Å². The highest BCUT2D eigenvalue weighted by atomic mass is 79.9. The van der Waals surface area contributed by atoms with E-state index in [0.717, 1.165) is 12.8 Å². The molecule has 0 radical (unpaired) electrons. The summed E-state index contributed by atoms with van der Waals surface area (Å²) in [5.41, 5.74) is -0.231. The second-order valence-electron chi connectivity index (χ2n) is 3.35. The number of unbranched alkanes of at least 4 members (excludes halogenated alkanes) is 1. The molecule has 1 rings (SSSR count). The van der Waals surface area contributed by atoms with Gasteiger partial charge in [-0.2, -0.15) is 0 Å². The number of hydrogen-bond donors (Lipinski definition) is 2. The van der Waals surface area contributed by atoms with Gasteiger partial charge in [-0.1, -0.05) is 13.3 Å². The molecule has 3 nitrogen and oxygen atoms in total. The molecule has 6 heteroatoms. The van der Waals surface area contributed by atoms with Crippen LogP contribution in [0.5, 0.6) is 5.75 Å². The smallest absolute Gasteiger partial charge is 0.494 e. The lowest BCUT2D eigenvalue weighted by Gasteiger charge is -2.12. The number of ether oxygens (including phenoxy) is 1. The standard InChI is InChI=1S/C10H13BBrFO3/c1-2-3-6-16-8-5-4-7(12)10(13)9(8)11(14)15/h4-5,14-15H,2-3,6H2,1H3. The van der Waals surface area contributed by atoms with Gasteiger partial charge in [0.05, 0.1) is 16.5 Å². The molecule has 0 amide bonds. The van der Waals surface area contributed by atoms with Gasteiger partial charge >= 0.3 is 7.12 Å². The molecule has 0 saturated heterocycles. The van der Waals surface area contributed by atoms with Gasteiger partial charge < -0.3 is 14.8 Å². The monoisotopic (exact) mass is 290 g/mol. The highest BCUT2D eigenvalue weighted by Crippen LogP contribution is 2.19. The Labute approximate surface area is 103 Å². The quantitative estimate of drug-likeness (QED) is 0.637. The van der Waals surface area contributed by atoms with Crippen molar-refractivity contribution in [1.29, 1.82) is 0 Å². The first-order valence-corrected chi connectivity index (χ1v) is 5.84. The van der Waals surface area contributed by atoms with Gasteiger partial charge in [0, 0.05) is 0 Å². The maximum atomic E-state index is 13.6. The van der Waals surface area contributed by atoms with E-state index in [9.17, 15) is 4.39 Å². The van der Waals surface area contributed by atoms with Crippen LogP contribution in [0.25, 0.3) is 0 Å². The van der Waals surface area contributed by atoms with Crippen LogP contribution >= 0.6 is 15.9 Å². The largest absolute Gasteiger partial charge is 0.495 e. The van der Waals surface area contributed by atoms with Crippen molar-refractivity contribution in [1.82, 2.24) is 0 Å². The molecule has 0 spiro atoms. The maximum absolute atomic E-state index is 13.6. The summed E-state index contributed by atoms with van der Waals surface area (Å²) in [6.07, 6.45) is 1.79. The summed E-state index contributed by atoms with van der Waals surface area (Å²) >= 11 is 2.98. The molecule has 0 aliphatic rings. The van der Waals surface area contributed by atoms with Crippen molar-refractivity contribution in [2.75, 3.05) is 6.61 Å². The molecule has 0 aliphatic carbocycles. The van der Waals surface area contributed by atoms with Crippen molar-refractivity contribution in [3.63, 3.8) is 0 Å². The van der Waals surface area contributed by atoms with E-state index < -0.39 is 12.9 Å². The van der Waals surface area contributed by atoms with Crippen LogP contribution < -0.4 is 10.2 Å². The summed E-state index contributed by atoms with van der Waals surface area (Å²) in [6.45, 7) is 2.44. The van der Waals surface area contributed by atoms with E-state index in [1.807, 2.05) is 6.92 Å². The fourth-order valence-electron chi connectivity index (χ4n) is 1.24. The van der Waals surface area contributed by atoms with Crippen LogP contribution in [-0.2, 0) is 0 Å². The zero-order valence-corrected chi connectivity index (χ0v) is 10.5. The van der Waals surface area contributed by atoms with Crippen molar-refractivity contribution >= 4 is 28.5 Å². The zero-order valence-electron chi connectivity index (χ0n) is 8.91. The first-order valence-electron chi connectivity index (χ1n) is 5.04. The summed E-state index contributed by atoms with van der Waals surface area (Å²) in [4.78, 5) is 0. The predicted molar refractivity (Wildman–Crippen MR) is 64.3 cm³/mol. The van der Waals surface area contributed by atoms with Crippen molar-refractivity contribution in [2.45, 2.75) is 19.8 Å². The number of rotatable bonds is 5. The second-order valence-corrected chi connectivity index (χ2v) is 4.20. The molecule has 2 N–H and O–H groups in total. The molecule has 0 heterocycles. The molecule has 0 bridgehead atoms. The molecule has 0 unspecified atom stereocenters. The van der Waals surface area contributed by atoms with Gasteiger partial charge in [-0.15, -0.1) is 0 Å². The highest BCUT2D eigenvalue weighted by Gasteiger charge is 2.24. The second kappa shape index (κ2) is 6.22. The Morgan fingerprint density at radius 1 is 1.44 bits per heavy atom. The Morgan fingerprint density at radius 3 is 2.69 bits per heavy atom. The van der Waals surface area contributed by atoms with E-state index in [1.54, 1.807) is 0 Å². The molecule has 0 aromatic heterocycles. The molecule has 0 saturated carbocycles. The highest BCUT2D eigenvalue weighted by molar-refractivity contribution is 9.10. The summed E-state index contributed by atoms with van der Waals surface area (Å²) in [6, 6.07) is 2.99. The van der Waals surface area contributed by atoms with E-state index in [1.165, 1.54) is 12.1 Å². The van der Waals surface area contributed by atoms with E-state index >= 15 is 0 Å². The maximum Gasteiger partial charge on any atom is 0.495 e. The Hall–Kier alpha value is -0.585. The first-order chi connectivity index (χ1) is 7.57. The topological polar surface area (TPSA) is 49.7 Å². The average Bonchev–Trinajstić information content (AvgIpc) is 2.23. The normalized spacial score (nSPS) is 10.3. The molecule has 16 heavy (non-hydrogen) atoms. The third kappa shape index (κ3) is 3.20. The Kier molecular flexibility index (Phi) is 5.24. The van der Waals surface area contributed by atoms with Gasteiger partial charge in [-0.25, -0.2) is 4.39 Å². The van der Waals surface area contributed by atoms with E-state index in [2.05, 4.69) is 15.9 Å². The Morgan fingerprint density at radius 2 is 2.12 bits per heavy atom. The lowest BCUT2D eigenvalue weighted by Crippen LogP contribution is -2.34. The third-order valence-electron chi connectivity index (χ3n) is 2.11. The first kappa shape index (κ1) is 13.5. The molecule has 1 aromatic carbocycles. The predicted octanol–water partition coefficient (Wildman–Crippen LogP) is 1.45. The molecule has 0 fully saturated rings. The molecule has 0 aliphatic heterocycles. The summed E-state index contributed by atoms with van der Waals surface area (Å²) in [7, 11) is -1.88. The number of hydrogen-bond acceptors (Lipinski definition) is 3. The Balaban J connectivity index is 2.94. The lowest BCUT2D eigenvalue weighted by molar-refractivity contribution is 0.308. The van der Waals surface area contributed by atoms with Gasteiger partial charge in [0.2, 0.25) is 0 Å². The summed E-state index contributed by atoms with van der Waals surface area (Å²) in [5, 5.41) is 18.2. The van der Waals surface area contributed by atoms with Gasteiger partial charge in [0.1, 0.15) is 11.6 Å². The fourth-order valence-corrected chi connectivity index (χ4v) is 1.59. The minimum absolute atomic E-state index is 0.171. The van der Waals surface area contributed by atoms with Crippen LogP contribution in [0.1, 0.15) is 19.8 Å². The van der Waals surface area contributed by atoms with Crippen LogP contribution in [0.3, 0.4) is 0 Å². The van der Waals surface area contributed by atoms with Crippen molar-refractivity contribution < 1.29 is 19.2 Å². The summed E-state index contributed by atoms with van der Waals surface area (Å²) < 4.78 is 19.0. The molecular formula is C10H13BBrFO3. The molecule has 0 atom stereocenters. The molecule has 1 aromatic rings. The van der Waals surface area contributed by atoms with E-state index in [0.29, 0.717) is 6.61 Å². The van der Waals surface area contributed by atoms with Crippen molar-refractivity contribution in [2.24, 2.45) is 0 Å². The average molecular weight is 291 g/mol. The van der Waals surface area contributed by atoms with Crippen LogP contribution in [0, 0.1) is 5.82 Å². The molecule has 88 valence electrons. The summed E-state index contributed by atoms with van der Waals surface area (Å²) in [5.74, 6) is -0.534. The van der Waals surface area contributed by atoms with Crippen LogP contribution in [0.4, 0.5) is 4.39 Å². The minimum atomic E-state index is -1.88. The Bertz CT molecular complexity index is 360. The van der Waals surface area contributed by atoms with Gasteiger partial charge in [0.15, 0.2) is 0 Å².